The molecule has 480 valence electrons. The van der Waals surface area contributed by atoms with Crippen LogP contribution in [0, 0.1) is 17.8 Å². The van der Waals surface area contributed by atoms with Gasteiger partial charge in [-0.15, -0.1) is 0 Å². The normalized spacial score (nSPS) is 17.9. The van der Waals surface area contributed by atoms with E-state index in [2.05, 4.69) is 77.8 Å². The highest BCUT2D eigenvalue weighted by Gasteiger charge is 2.41. The lowest BCUT2D eigenvalue weighted by molar-refractivity contribution is -0.142. The fourth-order valence-corrected chi connectivity index (χ4v) is 10.7. The summed E-state index contributed by atoms with van der Waals surface area (Å²) in [4.78, 5) is 164. The van der Waals surface area contributed by atoms with E-state index in [4.69, 9.17) is 5.73 Å². The van der Waals surface area contributed by atoms with Crippen LogP contribution in [-0.4, -0.2) is 179 Å². The summed E-state index contributed by atoms with van der Waals surface area (Å²) >= 11 is 0. The van der Waals surface area contributed by atoms with E-state index < -0.39 is 125 Å². The number of aromatic amines is 3. The number of aromatic nitrogens is 6. The highest BCUT2D eigenvalue weighted by molar-refractivity contribution is 5.99. The number of hydrogen-bond acceptors (Lipinski definition) is 15. The van der Waals surface area contributed by atoms with E-state index in [0.717, 1.165) is 6.42 Å². The minimum atomic E-state index is -1.37. The third-order valence-electron chi connectivity index (χ3n) is 15.9. The molecule has 2 saturated heterocycles. The van der Waals surface area contributed by atoms with Crippen molar-refractivity contribution in [1.82, 2.24) is 82.7 Å². The average molecular weight is 1220 g/mol. The lowest BCUT2D eigenvalue weighted by Crippen LogP contribution is -2.62. The fourth-order valence-electron chi connectivity index (χ4n) is 10.7. The number of unbranched alkanes of at least 4 members (excludes halogenated alkanes) is 1. The SMILES string of the molecule is CCC(C)C(NC(=O)C(NC(=O)C(CC(C)C)NC(=O)C(Cc1cnc[nH]1)NC(=O)C(Cc1ccccc1)NC(=O)C1CCCN1C(=O)C(Cc1cnc[nH]1)NC(=O)C1CCCN1)C(C)C)C(=O)NC(Cc1cnc[nH]1)C(=O)NC(CCCCN)C(=O)O. The van der Waals surface area contributed by atoms with Gasteiger partial charge in [0.05, 0.1) is 25.0 Å². The molecule has 28 nitrogen and oxygen atoms in total. The zero-order chi connectivity index (χ0) is 63.9. The third kappa shape index (κ3) is 20.6. The van der Waals surface area contributed by atoms with Gasteiger partial charge in [-0.25, -0.2) is 19.7 Å². The number of nitrogens with zero attached hydrogens (tertiary/aromatic N) is 4. The number of nitrogens with two attached hydrogens (primary N) is 1. The smallest absolute Gasteiger partial charge is 0.326 e. The fraction of sp³-hybridized carbons (Fsp3) is 0.583. The molecule has 0 saturated carbocycles. The first-order chi connectivity index (χ1) is 42.1. The van der Waals surface area contributed by atoms with Crippen LogP contribution < -0.4 is 53.6 Å². The van der Waals surface area contributed by atoms with Gasteiger partial charge in [-0.3, -0.25) is 43.2 Å². The molecule has 11 unspecified atom stereocenters. The summed E-state index contributed by atoms with van der Waals surface area (Å²) in [5.41, 5.74) is 7.79. The number of imidazole rings is 3. The van der Waals surface area contributed by atoms with E-state index in [1.807, 2.05) is 13.8 Å². The Hall–Kier alpha value is -8.53. The van der Waals surface area contributed by atoms with Crippen molar-refractivity contribution in [2.24, 2.45) is 23.5 Å². The van der Waals surface area contributed by atoms with E-state index in [1.165, 1.54) is 36.3 Å². The molecule has 0 radical (unpaired) electrons. The number of benzene rings is 1. The minimum absolute atomic E-state index is 0.0226. The molecule has 11 atom stereocenters. The molecule has 3 aromatic heterocycles. The van der Waals surface area contributed by atoms with Crippen molar-refractivity contribution in [2.45, 2.75) is 185 Å². The molecular weight excluding hydrogens is 1130 g/mol. The molecule has 15 N–H and O–H groups in total. The van der Waals surface area contributed by atoms with Crippen LogP contribution in [-0.2, 0) is 73.6 Å². The molecule has 0 spiro atoms. The number of hydrogen-bond donors (Lipinski definition) is 14. The summed E-state index contributed by atoms with van der Waals surface area (Å²) in [7, 11) is 0. The number of carboxylic acid groups (broad SMARTS) is 1. The molecule has 28 heteroatoms. The predicted octanol–water partition coefficient (Wildman–Crippen LogP) is -0.290. The average Bonchev–Trinajstić information content (AvgIpc) is 4.48. The van der Waals surface area contributed by atoms with Crippen molar-refractivity contribution in [1.29, 1.82) is 0 Å². The van der Waals surface area contributed by atoms with Gasteiger partial charge in [-0.1, -0.05) is 78.3 Å². The highest BCUT2D eigenvalue weighted by Crippen LogP contribution is 2.22. The Bertz CT molecular complexity index is 2900. The molecule has 88 heavy (non-hydrogen) atoms. The second kappa shape index (κ2) is 34.1. The topological polar surface area (TPSA) is 414 Å². The van der Waals surface area contributed by atoms with E-state index >= 15 is 0 Å². The van der Waals surface area contributed by atoms with Gasteiger partial charge < -0.3 is 78.5 Å². The lowest BCUT2D eigenvalue weighted by Gasteiger charge is -2.31. The summed E-state index contributed by atoms with van der Waals surface area (Å²) < 4.78 is 0. The quantitative estimate of drug-likeness (QED) is 0.0263. The molecule has 6 rings (SSSR count). The van der Waals surface area contributed by atoms with Gasteiger partial charge in [0.25, 0.3) is 0 Å². The number of carboxylic acids is 1. The van der Waals surface area contributed by atoms with Gasteiger partial charge in [0.1, 0.15) is 54.4 Å². The number of carbonyl (C=O) groups is 10. The number of rotatable bonds is 35. The maximum Gasteiger partial charge on any atom is 0.326 e. The Balaban J connectivity index is 1.18. The minimum Gasteiger partial charge on any atom is -0.480 e. The molecule has 1 aromatic carbocycles. The van der Waals surface area contributed by atoms with Crippen molar-refractivity contribution in [3.63, 3.8) is 0 Å². The molecule has 2 aliphatic rings. The molecule has 0 bridgehead atoms. The molecular formula is C60H89N17O11. The predicted molar refractivity (Wildman–Crippen MR) is 323 cm³/mol. The largest absolute Gasteiger partial charge is 0.480 e. The van der Waals surface area contributed by atoms with Gasteiger partial charge in [-0.05, 0) is 87.8 Å². The molecule has 4 aromatic rings. The second-order valence-electron chi connectivity index (χ2n) is 23.6. The summed E-state index contributed by atoms with van der Waals surface area (Å²) in [5, 5.41) is 35.3. The summed E-state index contributed by atoms with van der Waals surface area (Å²) in [6.07, 6.45) is 12.3. The van der Waals surface area contributed by atoms with Crippen LogP contribution in [0.1, 0.15) is 122 Å². The van der Waals surface area contributed by atoms with E-state index in [1.54, 1.807) is 64.2 Å². The zero-order valence-electron chi connectivity index (χ0n) is 51.1. The summed E-state index contributed by atoms with van der Waals surface area (Å²) in [6, 6.07) is -2.63. The van der Waals surface area contributed by atoms with Gasteiger partial charge in [0.15, 0.2) is 0 Å². The number of carbonyl (C=O) groups excluding carboxylic acids is 9. The van der Waals surface area contributed by atoms with Crippen LogP contribution in [0.2, 0.25) is 0 Å². The van der Waals surface area contributed by atoms with Crippen molar-refractivity contribution >= 4 is 59.1 Å². The molecule has 2 aliphatic heterocycles. The second-order valence-corrected chi connectivity index (χ2v) is 23.6. The first-order valence-electron chi connectivity index (χ1n) is 30.5. The Morgan fingerprint density at radius 2 is 1.10 bits per heavy atom. The number of aliphatic carboxylic acids is 1. The number of H-pyrrole nitrogens is 3. The van der Waals surface area contributed by atoms with Crippen LogP contribution in [0.5, 0.6) is 0 Å². The summed E-state index contributed by atoms with van der Waals surface area (Å²) in [6.45, 7) is 11.8. The first kappa shape index (κ1) is 68.6. The van der Waals surface area contributed by atoms with E-state index in [-0.39, 0.29) is 63.3 Å². The Labute approximate surface area is 512 Å². The Morgan fingerprint density at radius 1 is 0.591 bits per heavy atom. The van der Waals surface area contributed by atoms with Crippen LogP contribution in [0.3, 0.4) is 0 Å². The third-order valence-corrected chi connectivity index (χ3v) is 15.9. The molecule has 0 aliphatic carbocycles. The lowest BCUT2D eigenvalue weighted by atomic mass is 9.95. The number of nitrogens with one attached hydrogen (secondary N) is 12. The maximum absolute atomic E-state index is 14.8. The number of amides is 9. The van der Waals surface area contributed by atoms with Gasteiger partial charge in [-0.2, -0.15) is 0 Å². The monoisotopic (exact) mass is 1220 g/mol. The van der Waals surface area contributed by atoms with Crippen molar-refractivity contribution in [2.75, 3.05) is 19.6 Å². The maximum atomic E-state index is 14.8. The first-order valence-corrected chi connectivity index (χ1v) is 30.5. The van der Waals surface area contributed by atoms with Crippen LogP contribution >= 0.6 is 0 Å². The summed E-state index contributed by atoms with van der Waals surface area (Å²) in [5.74, 6) is -8.50. The molecule has 9 amide bonds. The van der Waals surface area contributed by atoms with E-state index in [9.17, 15) is 53.1 Å². The molecule has 5 heterocycles. The van der Waals surface area contributed by atoms with Crippen LogP contribution in [0.25, 0.3) is 0 Å². The highest BCUT2D eigenvalue weighted by atomic mass is 16.4. The molecule has 2 fully saturated rings. The van der Waals surface area contributed by atoms with Crippen molar-refractivity contribution in [3.8, 4) is 0 Å². The zero-order valence-corrected chi connectivity index (χ0v) is 51.1. The number of likely N-dealkylation sites (tertiary alicyclic amines) is 1. The Morgan fingerprint density at radius 3 is 1.61 bits per heavy atom. The van der Waals surface area contributed by atoms with Gasteiger partial charge >= 0.3 is 5.97 Å². The Kier molecular flexibility index (Phi) is 26.6. The standard InChI is InChI=1S/C60H89N17O11/c1-7-36(6)50(58(85)73-46(26-39-29-63-32-67-39)53(80)69-42(60(87)88)17-11-12-20-61)76-57(84)49(35(4)5)75-55(82)43(23-34(2)3)70-54(81)45(25-38-28-62-31-66-38)71-52(79)44(24-37-15-9-8-10-16-37)72-56(83)48-19-14-22-77(48)59(86)47(27-40-30-64-33-68-40)74-51(78)41-18-13-21-65-41/h8-10,15-16,28-36,41-50,65H,7,11-14,17-27,61H2,1-6H3,(H,62,66)(H,63,67)(H,64,68)(H,69,80)(H,70,81)(H,71,79)(H,72,83)(H,73,85)(H,74,78)(H,75,82)(H,76,84)(H,87,88). The van der Waals surface area contributed by atoms with Crippen molar-refractivity contribution < 1.29 is 53.1 Å². The van der Waals surface area contributed by atoms with Crippen LogP contribution in [0.15, 0.2) is 67.9 Å². The van der Waals surface area contributed by atoms with E-state index in [0.29, 0.717) is 67.8 Å². The van der Waals surface area contributed by atoms with Crippen LogP contribution in [0.4, 0.5) is 0 Å². The van der Waals surface area contributed by atoms with Crippen molar-refractivity contribution in [3.05, 3.63) is 90.5 Å². The van der Waals surface area contributed by atoms with Gasteiger partial charge in [0, 0.05) is 67.9 Å². The van der Waals surface area contributed by atoms with Gasteiger partial charge in [0.2, 0.25) is 53.2 Å².